The van der Waals surface area contributed by atoms with Gasteiger partial charge in [0.2, 0.25) is 5.91 Å². The minimum atomic E-state index is -3.09. The predicted molar refractivity (Wildman–Crippen MR) is 95.7 cm³/mol. The Bertz CT molecular complexity index is 804. The molecule has 0 N–H and O–H groups in total. The molecule has 2 heterocycles. The van der Waals surface area contributed by atoms with Gasteiger partial charge in [0.25, 0.3) is 5.91 Å². The number of sulfone groups is 1. The van der Waals surface area contributed by atoms with E-state index in [0.29, 0.717) is 43.2 Å². The second-order valence-corrected chi connectivity index (χ2v) is 9.33. The molecule has 0 bridgehead atoms. The van der Waals surface area contributed by atoms with Crippen LogP contribution in [0.2, 0.25) is 10.0 Å². The Labute approximate surface area is 156 Å². The second kappa shape index (κ2) is 7.13. The van der Waals surface area contributed by atoms with Crippen LogP contribution in [-0.4, -0.2) is 67.7 Å². The van der Waals surface area contributed by atoms with Gasteiger partial charge in [-0.25, -0.2) is 8.42 Å². The van der Waals surface area contributed by atoms with E-state index >= 15 is 0 Å². The number of rotatable bonds is 2. The maximum Gasteiger partial charge on any atom is 0.255 e. The molecule has 6 nitrogen and oxygen atoms in total. The van der Waals surface area contributed by atoms with Crippen LogP contribution >= 0.6 is 23.2 Å². The SMILES string of the molecule is O=C(c1cccc(Cl)c1Cl)N1CCN(C(=O)C2CCS(=O)(=O)C2)CC1. The lowest BCUT2D eigenvalue weighted by Crippen LogP contribution is -2.52. The molecule has 2 aliphatic heterocycles. The number of halogens is 2. The van der Waals surface area contributed by atoms with E-state index in [4.69, 9.17) is 23.2 Å². The molecule has 0 aromatic heterocycles. The molecular formula is C16H18Cl2N2O4S. The third-order valence-electron chi connectivity index (χ3n) is 4.64. The van der Waals surface area contributed by atoms with Crippen LogP contribution in [0, 0.1) is 5.92 Å². The summed E-state index contributed by atoms with van der Waals surface area (Å²) in [5.74, 6) is -0.787. The van der Waals surface area contributed by atoms with Crippen molar-refractivity contribution in [3.8, 4) is 0 Å². The number of carbonyl (C=O) groups is 2. The normalized spacial score (nSPS) is 22.9. The fourth-order valence-corrected chi connectivity index (χ4v) is 5.33. The van der Waals surface area contributed by atoms with E-state index in [1.807, 2.05) is 0 Å². The van der Waals surface area contributed by atoms with Crippen LogP contribution in [0.25, 0.3) is 0 Å². The van der Waals surface area contributed by atoms with Gasteiger partial charge in [0.05, 0.1) is 33.0 Å². The summed E-state index contributed by atoms with van der Waals surface area (Å²) in [6, 6.07) is 4.91. The fourth-order valence-electron chi connectivity index (χ4n) is 3.22. The van der Waals surface area contributed by atoms with Gasteiger partial charge in [0.1, 0.15) is 0 Å². The molecule has 1 aromatic rings. The Morgan fingerprint density at radius 1 is 1.04 bits per heavy atom. The van der Waals surface area contributed by atoms with E-state index in [0.717, 1.165) is 0 Å². The van der Waals surface area contributed by atoms with Crippen LogP contribution in [0.3, 0.4) is 0 Å². The number of amides is 2. The van der Waals surface area contributed by atoms with Crippen LogP contribution in [0.5, 0.6) is 0 Å². The summed E-state index contributed by atoms with van der Waals surface area (Å²) in [4.78, 5) is 28.3. The Morgan fingerprint density at radius 3 is 2.28 bits per heavy atom. The lowest BCUT2D eigenvalue weighted by atomic mass is 10.1. The van der Waals surface area contributed by atoms with Crippen LogP contribution in [0.15, 0.2) is 18.2 Å². The summed E-state index contributed by atoms with van der Waals surface area (Å²) >= 11 is 12.1. The number of piperazine rings is 1. The average molecular weight is 405 g/mol. The first-order valence-corrected chi connectivity index (χ1v) is 10.6. The third-order valence-corrected chi connectivity index (χ3v) is 7.23. The molecule has 2 saturated heterocycles. The summed E-state index contributed by atoms with van der Waals surface area (Å²) in [6.45, 7) is 1.54. The molecule has 2 amide bonds. The highest BCUT2D eigenvalue weighted by Crippen LogP contribution is 2.27. The average Bonchev–Trinajstić information content (AvgIpc) is 2.96. The fraction of sp³-hybridized carbons (Fsp3) is 0.500. The van der Waals surface area contributed by atoms with Gasteiger partial charge in [-0.15, -0.1) is 0 Å². The first-order chi connectivity index (χ1) is 11.8. The number of benzene rings is 1. The zero-order valence-corrected chi connectivity index (χ0v) is 15.8. The van der Waals surface area contributed by atoms with Crippen molar-refractivity contribution >= 4 is 44.9 Å². The van der Waals surface area contributed by atoms with E-state index in [2.05, 4.69) is 0 Å². The first-order valence-electron chi connectivity index (χ1n) is 8.01. The summed E-state index contributed by atoms with van der Waals surface area (Å²) in [6.07, 6.45) is 0.387. The topological polar surface area (TPSA) is 74.8 Å². The van der Waals surface area contributed by atoms with Gasteiger partial charge in [0.15, 0.2) is 9.84 Å². The Morgan fingerprint density at radius 2 is 1.68 bits per heavy atom. The maximum absolute atomic E-state index is 12.6. The third kappa shape index (κ3) is 3.93. The summed E-state index contributed by atoms with van der Waals surface area (Å²) < 4.78 is 23.1. The molecular weight excluding hydrogens is 387 g/mol. The quantitative estimate of drug-likeness (QED) is 0.751. The molecule has 1 aromatic carbocycles. The van der Waals surface area contributed by atoms with Crippen molar-refractivity contribution in [1.82, 2.24) is 9.80 Å². The van der Waals surface area contributed by atoms with Gasteiger partial charge in [-0.3, -0.25) is 9.59 Å². The van der Waals surface area contributed by atoms with Crippen molar-refractivity contribution in [2.24, 2.45) is 5.92 Å². The van der Waals surface area contributed by atoms with Crippen molar-refractivity contribution in [3.05, 3.63) is 33.8 Å². The monoisotopic (exact) mass is 404 g/mol. The molecule has 1 atom stereocenters. The van der Waals surface area contributed by atoms with E-state index in [9.17, 15) is 18.0 Å². The summed E-state index contributed by atoms with van der Waals surface area (Å²) in [5, 5.41) is 0.549. The lowest BCUT2D eigenvalue weighted by molar-refractivity contribution is -0.136. The molecule has 0 aliphatic carbocycles. The van der Waals surface area contributed by atoms with Crippen LogP contribution in [0.1, 0.15) is 16.8 Å². The van der Waals surface area contributed by atoms with Gasteiger partial charge in [-0.2, -0.15) is 0 Å². The summed E-state index contributed by atoms with van der Waals surface area (Å²) in [7, 11) is -3.09. The largest absolute Gasteiger partial charge is 0.339 e. The maximum atomic E-state index is 12.6. The van der Waals surface area contributed by atoms with Gasteiger partial charge in [0, 0.05) is 26.2 Å². The minimum Gasteiger partial charge on any atom is -0.339 e. The molecule has 136 valence electrons. The lowest BCUT2D eigenvalue weighted by Gasteiger charge is -2.36. The van der Waals surface area contributed by atoms with Crippen LogP contribution < -0.4 is 0 Å². The number of nitrogens with zero attached hydrogens (tertiary/aromatic N) is 2. The number of hydrogen-bond acceptors (Lipinski definition) is 4. The molecule has 2 aliphatic rings. The first kappa shape index (κ1) is 18.5. The molecule has 0 spiro atoms. The van der Waals surface area contributed by atoms with Crippen molar-refractivity contribution in [3.63, 3.8) is 0 Å². The van der Waals surface area contributed by atoms with Crippen LogP contribution in [-0.2, 0) is 14.6 Å². The number of hydrogen-bond donors (Lipinski definition) is 0. The zero-order valence-electron chi connectivity index (χ0n) is 13.5. The van der Waals surface area contributed by atoms with Crippen LogP contribution in [0.4, 0.5) is 0 Å². The highest BCUT2D eigenvalue weighted by molar-refractivity contribution is 7.91. The zero-order chi connectivity index (χ0) is 18.2. The summed E-state index contributed by atoms with van der Waals surface area (Å²) in [5.41, 5.74) is 0.343. The van der Waals surface area contributed by atoms with Gasteiger partial charge in [-0.1, -0.05) is 29.3 Å². The second-order valence-electron chi connectivity index (χ2n) is 6.32. The van der Waals surface area contributed by atoms with Crippen molar-refractivity contribution < 1.29 is 18.0 Å². The molecule has 0 saturated carbocycles. The Kier molecular flexibility index (Phi) is 5.27. The molecule has 25 heavy (non-hydrogen) atoms. The van der Waals surface area contributed by atoms with Gasteiger partial charge >= 0.3 is 0 Å². The van der Waals surface area contributed by atoms with Crippen molar-refractivity contribution in [1.29, 1.82) is 0 Å². The van der Waals surface area contributed by atoms with Crippen molar-refractivity contribution in [2.75, 3.05) is 37.7 Å². The molecule has 0 radical (unpaired) electrons. The van der Waals surface area contributed by atoms with Gasteiger partial charge < -0.3 is 9.80 Å². The highest BCUT2D eigenvalue weighted by atomic mass is 35.5. The number of carbonyl (C=O) groups excluding carboxylic acids is 2. The van der Waals surface area contributed by atoms with Crippen molar-refractivity contribution in [2.45, 2.75) is 6.42 Å². The predicted octanol–water partition coefficient (Wildman–Crippen LogP) is 1.71. The van der Waals surface area contributed by atoms with E-state index < -0.39 is 15.8 Å². The minimum absolute atomic E-state index is 0.0664. The smallest absolute Gasteiger partial charge is 0.255 e. The van der Waals surface area contributed by atoms with E-state index in [-0.39, 0.29) is 28.3 Å². The Balaban J connectivity index is 1.61. The molecule has 2 fully saturated rings. The molecule has 3 rings (SSSR count). The molecule has 1 unspecified atom stereocenters. The Hall–Kier alpha value is -1.31. The van der Waals surface area contributed by atoms with E-state index in [1.54, 1.807) is 28.0 Å². The van der Waals surface area contributed by atoms with E-state index in [1.165, 1.54) is 0 Å². The molecule has 9 heteroatoms. The van der Waals surface area contributed by atoms with Gasteiger partial charge in [-0.05, 0) is 18.6 Å². The standard InChI is InChI=1S/C16H18Cl2N2O4S/c17-13-3-1-2-12(14(13)18)16(22)20-7-5-19(6-8-20)15(21)11-4-9-25(23,24)10-11/h1-3,11H,4-10H2. The highest BCUT2D eigenvalue weighted by Gasteiger charge is 2.36.